The molecule has 0 N–H and O–H groups in total. The lowest BCUT2D eigenvalue weighted by atomic mass is 10.1. The Hall–Kier alpha value is -1.43. The summed E-state index contributed by atoms with van der Waals surface area (Å²) in [6.45, 7) is 1.92. The van der Waals surface area contributed by atoms with Crippen molar-refractivity contribution in [2.75, 3.05) is 13.7 Å². The molecule has 0 aliphatic heterocycles. The van der Waals surface area contributed by atoms with E-state index in [1.54, 1.807) is 6.92 Å². The number of nitrogens with zero attached hydrogens (tertiary/aromatic N) is 1. The minimum absolute atomic E-state index is 0.0665. The fourth-order valence-corrected chi connectivity index (χ4v) is 1.78. The molecule has 0 radical (unpaired) electrons. The predicted molar refractivity (Wildman–Crippen MR) is 65.6 cm³/mol. The van der Waals surface area contributed by atoms with Crippen molar-refractivity contribution >= 4 is 17.6 Å². The van der Waals surface area contributed by atoms with Crippen molar-refractivity contribution in [3.05, 3.63) is 23.0 Å². The van der Waals surface area contributed by atoms with Crippen LogP contribution in [0.3, 0.4) is 0 Å². The Morgan fingerprint density at radius 2 is 2.21 bits per heavy atom. The van der Waals surface area contributed by atoms with Crippen LogP contribution < -0.4 is 4.74 Å². The summed E-state index contributed by atoms with van der Waals surface area (Å²) in [5.74, 6) is -0.607. The molecule has 0 spiro atoms. The lowest BCUT2D eigenvalue weighted by Crippen LogP contribution is -2.11. The molecule has 0 atom stereocenters. The monoisotopic (exact) mass is 293 g/mol. The van der Waals surface area contributed by atoms with Crippen molar-refractivity contribution in [1.82, 2.24) is 4.98 Å². The van der Waals surface area contributed by atoms with Gasteiger partial charge in [-0.25, -0.2) is 13.8 Å². The average Bonchev–Trinajstić information content (AvgIpc) is 2.38. The summed E-state index contributed by atoms with van der Waals surface area (Å²) in [5, 5.41) is 0. The van der Waals surface area contributed by atoms with E-state index >= 15 is 0 Å². The fourth-order valence-electron chi connectivity index (χ4n) is 1.54. The Labute approximate surface area is 114 Å². The lowest BCUT2D eigenvalue weighted by Gasteiger charge is -2.12. The molecule has 0 fully saturated rings. The summed E-state index contributed by atoms with van der Waals surface area (Å²) >= 11 is 5.66. The molecule has 0 aromatic carbocycles. The molecule has 0 aliphatic carbocycles. The fraction of sp³-hybridized carbons (Fsp3) is 0.500. The molecule has 0 saturated heterocycles. The highest BCUT2D eigenvalue weighted by molar-refractivity contribution is 6.17. The number of rotatable bonds is 6. The highest BCUT2D eigenvalue weighted by Crippen LogP contribution is 2.29. The van der Waals surface area contributed by atoms with Gasteiger partial charge in [0.15, 0.2) is 0 Å². The Kier molecular flexibility index (Phi) is 5.95. The minimum Gasteiger partial charge on any atom is -0.495 e. The van der Waals surface area contributed by atoms with Crippen LogP contribution in [0.15, 0.2) is 6.07 Å². The highest BCUT2D eigenvalue weighted by Gasteiger charge is 2.20. The van der Waals surface area contributed by atoms with Gasteiger partial charge in [0.1, 0.15) is 11.4 Å². The maximum atomic E-state index is 12.8. The SMILES string of the molecule is CCOC(=O)Cc1cc(OC)c(C(F)F)nc1CCl. The van der Waals surface area contributed by atoms with Crippen LogP contribution in [0.2, 0.25) is 0 Å². The Balaban J connectivity index is 3.13. The minimum atomic E-state index is -2.77. The number of hydrogen-bond acceptors (Lipinski definition) is 4. The molecular weight excluding hydrogens is 280 g/mol. The van der Waals surface area contributed by atoms with E-state index in [9.17, 15) is 13.6 Å². The van der Waals surface area contributed by atoms with Crippen LogP contribution in [-0.4, -0.2) is 24.7 Å². The van der Waals surface area contributed by atoms with Crippen molar-refractivity contribution in [3.63, 3.8) is 0 Å². The van der Waals surface area contributed by atoms with Crippen molar-refractivity contribution in [3.8, 4) is 5.75 Å². The number of methoxy groups -OCH3 is 1. The lowest BCUT2D eigenvalue weighted by molar-refractivity contribution is -0.142. The first kappa shape index (κ1) is 15.6. The second-order valence-electron chi connectivity index (χ2n) is 3.60. The van der Waals surface area contributed by atoms with E-state index in [2.05, 4.69) is 4.98 Å². The van der Waals surface area contributed by atoms with Gasteiger partial charge in [-0.05, 0) is 18.6 Å². The number of esters is 1. The molecule has 1 aromatic heterocycles. The van der Waals surface area contributed by atoms with E-state index in [0.29, 0.717) is 5.56 Å². The van der Waals surface area contributed by atoms with Crippen molar-refractivity contribution in [2.24, 2.45) is 0 Å². The van der Waals surface area contributed by atoms with Gasteiger partial charge in [-0.1, -0.05) is 0 Å². The van der Waals surface area contributed by atoms with Crippen molar-refractivity contribution < 1.29 is 23.0 Å². The smallest absolute Gasteiger partial charge is 0.310 e. The second kappa shape index (κ2) is 7.23. The Morgan fingerprint density at radius 3 is 2.68 bits per heavy atom. The molecule has 0 aliphatic rings. The maximum absolute atomic E-state index is 12.8. The van der Waals surface area contributed by atoms with E-state index in [1.165, 1.54) is 13.2 Å². The van der Waals surface area contributed by atoms with Crippen LogP contribution in [0.25, 0.3) is 0 Å². The van der Waals surface area contributed by atoms with Gasteiger partial charge in [-0.3, -0.25) is 4.79 Å². The third-order valence-corrected chi connectivity index (χ3v) is 2.63. The first-order chi connectivity index (χ1) is 9.03. The van der Waals surface area contributed by atoms with Gasteiger partial charge < -0.3 is 9.47 Å². The normalized spacial score (nSPS) is 10.6. The Bertz CT molecular complexity index is 455. The number of carbonyl (C=O) groups excluding carboxylic acids is 1. The molecule has 1 rings (SSSR count). The zero-order valence-corrected chi connectivity index (χ0v) is 11.3. The van der Waals surface area contributed by atoms with Crippen LogP contribution in [0.1, 0.15) is 30.3 Å². The summed E-state index contributed by atoms with van der Waals surface area (Å²) in [5.41, 5.74) is 0.172. The van der Waals surface area contributed by atoms with Crippen LogP contribution in [-0.2, 0) is 21.8 Å². The van der Waals surface area contributed by atoms with Crippen LogP contribution >= 0.6 is 11.6 Å². The molecular formula is C12H14ClF2NO3. The zero-order chi connectivity index (χ0) is 14.4. The Morgan fingerprint density at radius 1 is 1.53 bits per heavy atom. The number of alkyl halides is 3. The van der Waals surface area contributed by atoms with Crippen LogP contribution in [0, 0.1) is 0 Å². The van der Waals surface area contributed by atoms with E-state index in [4.69, 9.17) is 21.1 Å². The molecule has 0 bridgehead atoms. The van der Waals surface area contributed by atoms with Crippen LogP contribution in [0.4, 0.5) is 8.78 Å². The first-order valence-corrected chi connectivity index (χ1v) is 6.13. The molecule has 106 valence electrons. The molecule has 19 heavy (non-hydrogen) atoms. The maximum Gasteiger partial charge on any atom is 0.310 e. The molecule has 1 aromatic rings. The summed E-state index contributed by atoms with van der Waals surface area (Å²) in [6.07, 6.45) is -2.85. The number of hydrogen-bond donors (Lipinski definition) is 0. The first-order valence-electron chi connectivity index (χ1n) is 5.59. The van der Waals surface area contributed by atoms with Gasteiger partial charge in [-0.2, -0.15) is 0 Å². The van der Waals surface area contributed by atoms with E-state index in [0.717, 1.165) is 0 Å². The van der Waals surface area contributed by atoms with Crippen molar-refractivity contribution in [1.29, 1.82) is 0 Å². The topological polar surface area (TPSA) is 48.4 Å². The van der Waals surface area contributed by atoms with E-state index in [1.807, 2.05) is 0 Å². The second-order valence-corrected chi connectivity index (χ2v) is 3.87. The third-order valence-electron chi connectivity index (χ3n) is 2.38. The summed E-state index contributed by atoms with van der Waals surface area (Å²) in [7, 11) is 1.26. The van der Waals surface area contributed by atoms with E-state index in [-0.39, 0.29) is 30.4 Å². The standard InChI is InChI=1S/C12H14ClF2NO3/c1-3-19-10(17)5-7-4-9(18-2)11(12(14)15)16-8(7)6-13/h4,12H,3,5-6H2,1-2H3. The largest absolute Gasteiger partial charge is 0.495 e. The average molecular weight is 294 g/mol. The molecule has 0 unspecified atom stereocenters. The number of halogens is 3. The molecule has 0 amide bonds. The van der Waals surface area contributed by atoms with Gasteiger partial charge in [0.2, 0.25) is 0 Å². The number of carbonyl (C=O) groups is 1. The third kappa shape index (κ3) is 4.02. The quantitative estimate of drug-likeness (QED) is 0.598. The molecule has 7 heteroatoms. The summed E-state index contributed by atoms with van der Waals surface area (Å²) < 4.78 is 35.2. The number of aromatic nitrogens is 1. The van der Waals surface area contributed by atoms with Gasteiger partial charge >= 0.3 is 5.97 Å². The highest BCUT2D eigenvalue weighted by atomic mass is 35.5. The number of pyridine rings is 1. The van der Waals surface area contributed by atoms with Gasteiger partial charge in [0.05, 0.1) is 31.7 Å². The number of ether oxygens (including phenoxy) is 2. The van der Waals surface area contributed by atoms with Gasteiger partial charge in [0, 0.05) is 0 Å². The molecule has 4 nitrogen and oxygen atoms in total. The zero-order valence-electron chi connectivity index (χ0n) is 10.6. The predicted octanol–water partition coefficient (Wildman–Crippen LogP) is 2.87. The molecule has 1 heterocycles. The summed E-state index contributed by atoms with van der Waals surface area (Å²) in [6, 6.07) is 1.35. The summed E-state index contributed by atoms with van der Waals surface area (Å²) in [4.78, 5) is 15.2. The molecule has 0 saturated carbocycles. The van der Waals surface area contributed by atoms with Gasteiger partial charge in [-0.15, -0.1) is 11.6 Å². The van der Waals surface area contributed by atoms with Crippen LogP contribution in [0.5, 0.6) is 5.75 Å². The van der Waals surface area contributed by atoms with Crippen molar-refractivity contribution in [2.45, 2.75) is 25.7 Å². The van der Waals surface area contributed by atoms with Gasteiger partial charge in [0.25, 0.3) is 6.43 Å². The van der Waals surface area contributed by atoms with E-state index < -0.39 is 18.1 Å².